The minimum Gasteiger partial charge on any atom is -0.496 e. The highest BCUT2D eigenvalue weighted by atomic mass is 32.1. The third-order valence-corrected chi connectivity index (χ3v) is 4.24. The monoisotopic (exact) mass is 305 g/mol. The third kappa shape index (κ3) is 2.82. The Labute approximate surface area is 126 Å². The highest BCUT2D eigenvalue weighted by Gasteiger charge is 2.28. The number of ether oxygens (including phenoxy) is 2. The molecular formula is C14H15N3O3S. The number of aromatic nitrogens is 2. The molecule has 0 bridgehead atoms. The van der Waals surface area contributed by atoms with Crippen molar-refractivity contribution in [2.45, 2.75) is 18.8 Å². The van der Waals surface area contributed by atoms with Crippen LogP contribution in [-0.4, -0.2) is 30.3 Å². The molecule has 0 spiro atoms. The van der Waals surface area contributed by atoms with E-state index in [-0.39, 0.29) is 5.91 Å². The van der Waals surface area contributed by atoms with Crippen LogP contribution in [0.3, 0.4) is 0 Å². The van der Waals surface area contributed by atoms with Crippen LogP contribution in [0.25, 0.3) is 0 Å². The molecule has 0 aliphatic heterocycles. The summed E-state index contributed by atoms with van der Waals surface area (Å²) in [6.45, 7) is 0. The normalized spacial score (nSPS) is 13.8. The lowest BCUT2D eigenvalue weighted by Gasteiger charge is -2.11. The molecule has 1 aliphatic rings. The van der Waals surface area contributed by atoms with Gasteiger partial charge in [0.05, 0.1) is 14.2 Å². The Balaban J connectivity index is 1.83. The average molecular weight is 305 g/mol. The lowest BCUT2D eigenvalue weighted by Crippen LogP contribution is -2.14. The van der Waals surface area contributed by atoms with Crippen LogP contribution in [0.15, 0.2) is 18.2 Å². The molecular weight excluding hydrogens is 290 g/mol. The summed E-state index contributed by atoms with van der Waals surface area (Å²) in [5.41, 5.74) is 0.352. The molecule has 0 unspecified atom stereocenters. The maximum Gasteiger partial charge on any atom is 0.265 e. The number of rotatable bonds is 5. The largest absolute Gasteiger partial charge is 0.496 e. The van der Waals surface area contributed by atoms with Crippen LogP contribution >= 0.6 is 11.3 Å². The number of anilines is 1. The van der Waals surface area contributed by atoms with Gasteiger partial charge in [0.2, 0.25) is 5.13 Å². The summed E-state index contributed by atoms with van der Waals surface area (Å²) >= 11 is 1.42. The van der Waals surface area contributed by atoms with Gasteiger partial charge in [-0.3, -0.25) is 10.1 Å². The van der Waals surface area contributed by atoms with Gasteiger partial charge in [0.15, 0.2) is 0 Å². The van der Waals surface area contributed by atoms with Crippen molar-refractivity contribution < 1.29 is 14.3 Å². The van der Waals surface area contributed by atoms with Crippen molar-refractivity contribution >= 4 is 22.4 Å². The highest BCUT2D eigenvalue weighted by Crippen LogP contribution is 2.42. The number of carbonyl (C=O) groups is 1. The standard InChI is InChI=1S/C14H15N3O3S/c1-19-9-4-3-5-10(20-2)11(9)12(18)15-14-17-16-13(21-14)8-6-7-8/h3-5,8H,6-7H2,1-2H3,(H,15,17,18). The summed E-state index contributed by atoms with van der Waals surface area (Å²) in [7, 11) is 3.03. The van der Waals surface area contributed by atoms with Crippen molar-refractivity contribution in [3.8, 4) is 11.5 Å². The molecule has 1 aromatic carbocycles. The van der Waals surface area contributed by atoms with Gasteiger partial charge in [-0.15, -0.1) is 10.2 Å². The molecule has 0 saturated heterocycles. The van der Waals surface area contributed by atoms with Crippen molar-refractivity contribution in [3.63, 3.8) is 0 Å². The van der Waals surface area contributed by atoms with E-state index >= 15 is 0 Å². The maximum absolute atomic E-state index is 12.4. The minimum absolute atomic E-state index is 0.317. The van der Waals surface area contributed by atoms with Gasteiger partial charge in [-0.1, -0.05) is 17.4 Å². The van der Waals surface area contributed by atoms with Crippen molar-refractivity contribution in [1.29, 1.82) is 0 Å². The Morgan fingerprint density at radius 1 is 1.24 bits per heavy atom. The number of hydrogen-bond acceptors (Lipinski definition) is 6. The van der Waals surface area contributed by atoms with E-state index in [4.69, 9.17) is 9.47 Å². The third-order valence-electron chi connectivity index (χ3n) is 3.24. The predicted molar refractivity (Wildman–Crippen MR) is 79.4 cm³/mol. The van der Waals surface area contributed by atoms with Crippen LogP contribution in [0.4, 0.5) is 5.13 Å². The van der Waals surface area contributed by atoms with Crippen LogP contribution in [-0.2, 0) is 0 Å². The number of hydrogen-bond donors (Lipinski definition) is 1. The molecule has 1 aromatic heterocycles. The van der Waals surface area contributed by atoms with E-state index in [1.165, 1.54) is 25.6 Å². The Morgan fingerprint density at radius 3 is 2.48 bits per heavy atom. The quantitative estimate of drug-likeness (QED) is 0.919. The molecule has 0 atom stereocenters. The fraction of sp³-hybridized carbons (Fsp3) is 0.357. The highest BCUT2D eigenvalue weighted by molar-refractivity contribution is 7.15. The fourth-order valence-electron chi connectivity index (χ4n) is 2.01. The van der Waals surface area contributed by atoms with Gasteiger partial charge in [-0.25, -0.2) is 0 Å². The van der Waals surface area contributed by atoms with Gasteiger partial charge in [-0.05, 0) is 25.0 Å². The van der Waals surface area contributed by atoms with Crippen molar-refractivity contribution in [1.82, 2.24) is 10.2 Å². The number of nitrogens with one attached hydrogen (secondary N) is 1. The summed E-state index contributed by atoms with van der Waals surface area (Å²) in [4.78, 5) is 12.4. The lowest BCUT2D eigenvalue weighted by atomic mass is 10.1. The summed E-state index contributed by atoms with van der Waals surface area (Å²) in [5, 5.41) is 12.3. The van der Waals surface area contributed by atoms with E-state index in [9.17, 15) is 4.79 Å². The molecule has 1 fully saturated rings. The minimum atomic E-state index is -0.317. The molecule has 1 aliphatic carbocycles. The van der Waals surface area contributed by atoms with Crippen LogP contribution < -0.4 is 14.8 Å². The molecule has 21 heavy (non-hydrogen) atoms. The van der Waals surface area contributed by atoms with Crippen molar-refractivity contribution in [3.05, 3.63) is 28.8 Å². The van der Waals surface area contributed by atoms with Crippen LogP contribution in [0.5, 0.6) is 11.5 Å². The first-order chi connectivity index (χ1) is 10.2. The van der Waals surface area contributed by atoms with Gasteiger partial charge in [0, 0.05) is 5.92 Å². The fourth-order valence-corrected chi connectivity index (χ4v) is 2.92. The molecule has 3 rings (SSSR count). The Bertz CT molecular complexity index is 645. The van der Waals surface area contributed by atoms with Crippen molar-refractivity contribution in [2.75, 3.05) is 19.5 Å². The second-order valence-electron chi connectivity index (χ2n) is 4.71. The second kappa shape index (κ2) is 5.69. The lowest BCUT2D eigenvalue weighted by molar-refractivity contribution is 0.102. The number of nitrogens with zero attached hydrogens (tertiary/aromatic N) is 2. The predicted octanol–water partition coefficient (Wildman–Crippen LogP) is 2.69. The van der Waals surface area contributed by atoms with Gasteiger partial charge in [0.1, 0.15) is 22.1 Å². The summed E-state index contributed by atoms with van der Waals surface area (Å²) < 4.78 is 10.5. The van der Waals surface area contributed by atoms with Gasteiger partial charge in [0.25, 0.3) is 5.91 Å². The second-order valence-corrected chi connectivity index (χ2v) is 5.72. The van der Waals surface area contributed by atoms with Crippen LogP contribution in [0.1, 0.15) is 34.1 Å². The van der Waals surface area contributed by atoms with Gasteiger partial charge >= 0.3 is 0 Å². The molecule has 6 nitrogen and oxygen atoms in total. The Kier molecular flexibility index (Phi) is 3.74. The first-order valence-electron chi connectivity index (χ1n) is 6.58. The summed E-state index contributed by atoms with van der Waals surface area (Å²) in [6.07, 6.45) is 2.31. The van der Waals surface area contributed by atoms with E-state index in [0.29, 0.717) is 28.1 Å². The van der Waals surface area contributed by atoms with E-state index in [0.717, 1.165) is 17.8 Å². The number of benzene rings is 1. The van der Waals surface area contributed by atoms with E-state index in [1.54, 1.807) is 18.2 Å². The average Bonchev–Trinajstić information content (AvgIpc) is 3.26. The number of methoxy groups -OCH3 is 2. The van der Waals surface area contributed by atoms with Gasteiger partial charge < -0.3 is 9.47 Å². The molecule has 7 heteroatoms. The molecule has 1 heterocycles. The summed E-state index contributed by atoms with van der Waals surface area (Å²) in [5.74, 6) is 1.12. The Morgan fingerprint density at radius 2 is 1.90 bits per heavy atom. The molecule has 1 saturated carbocycles. The summed E-state index contributed by atoms with van der Waals surface area (Å²) in [6, 6.07) is 5.20. The van der Waals surface area contributed by atoms with E-state index in [2.05, 4.69) is 15.5 Å². The molecule has 1 amide bonds. The van der Waals surface area contributed by atoms with E-state index in [1.807, 2.05) is 0 Å². The van der Waals surface area contributed by atoms with E-state index < -0.39 is 0 Å². The zero-order valence-electron chi connectivity index (χ0n) is 11.8. The zero-order chi connectivity index (χ0) is 14.8. The number of amides is 1. The first kappa shape index (κ1) is 13.8. The first-order valence-corrected chi connectivity index (χ1v) is 7.40. The Hall–Kier alpha value is -2.15. The molecule has 0 radical (unpaired) electrons. The zero-order valence-corrected chi connectivity index (χ0v) is 12.6. The SMILES string of the molecule is COc1cccc(OC)c1C(=O)Nc1nnc(C2CC2)s1. The molecule has 2 aromatic rings. The smallest absolute Gasteiger partial charge is 0.265 e. The molecule has 110 valence electrons. The topological polar surface area (TPSA) is 73.3 Å². The molecule has 1 N–H and O–H groups in total. The van der Waals surface area contributed by atoms with Gasteiger partial charge in [-0.2, -0.15) is 0 Å². The van der Waals surface area contributed by atoms with Crippen LogP contribution in [0.2, 0.25) is 0 Å². The van der Waals surface area contributed by atoms with Crippen LogP contribution in [0, 0.1) is 0 Å². The maximum atomic E-state index is 12.4. The van der Waals surface area contributed by atoms with Crippen molar-refractivity contribution in [2.24, 2.45) is 0 Å². The number of carbonyl (C=O) groups excluding carboxylic acids is 1.